The number of nitrogens with zero attached hydrogens (tertiary/aromatic N) is 1. The SMILES string of the molecule is CCNc1cc2c3c(c1)CCN3CCC2.Cl. The van der Waals surface area contributed by atoms with E-state index in [4.69, 9.17) is 0 Å². The molecule has 0 aliphatic carbocycles. The molecule has 0 saturated carbocycles. The van der Waals surface area contributed by atoms with Crippen LogP contribution in [0.5, 0.6) is 0 Å². The van der Waals surface area contributed by atoms with Gasteiger partial charge in [0.2, 0.25) is 0 Å². The first kappa shape index (κ1) is 11.6. The molecule has 3 heteroatoms. The Balaban J connectivity index is 0.000000963. The first-order chi connectivity index (χ1) is 7.38. The summed E-state index contributed by atoms with van der Waals surface area (Å²) in [5.74, 6) is 0. The zero-order valence-electron chi connectivity index (χ0n) is 9.75. The fourth-order valence-electron chi connectivity index (χ4n) is 2.90. The van der Waals surface area contributed by atoms with Crippen LogP contribution in [0.15, 0.2) is 12.1 Å². The van der Waals surface area contributed by atoms with Crippen molar-refractivity contribution in [3.8, 4) is 0 Å². The van der Waals surface area contributed by atoms with E-state index in [2.05, 4.69) is 29.3 Å². The van der Waals surface area contributed by atoms with Crippen molar-refractivity contribution >= 4 is 23.8 Å². The Kier molecular flexibility index (Phi) is 3.29. The second-order valence-electron chi connectivity index (χ2n) is 4.51. The summed E-state index contributed by atoms with van der Waals surface area (Å²) < 4.78 is 0. The molecule has 0 atom stereocenters. The van der Waals surface area contributed by atoms with Crippen molar-refractivity contribution in [2.75, 3.05) is 29.9 Å². The van der Waals surface area contributed by atoms with Crippen LogP contribution < -0.4 is 10.2 Å². The minimum absolute atomic E-state index is 0. The van der Waals surface area contributed by atoms with Crippen molar-refractivity contribution in [1.82, 2.24) is 0 Å². The van der Waals surface area contributed by atoms with Gasteiger partial charge in [-0.3, -0.25) is 0 Å². The van der Waals surface area contributed by atoms with Gasteiger partial charge in [0.1, 0.15) is 0 Å². The first-order valence-electron chi connectivity index (χ1n) is 6.03. The molecule has 0 aromatic heterocycles. The van der Waals surface area contributed by atoms with Gasteiger partial charge in [-0.05, 0) is 49.4 Å². The summed E-state index contributed by atoms with van der Waals surface area (Å²) in [4.78, 5) is 2.56. The third-order valence-corrected chi connectivity index (χ3v) is 3.49. The molecule has 0 amide bonds. The average molecular weight is 239 g/mol. The number of benzene rings is 1. The summed E-state index contributed by atoms with van der Waals surface area (Å²) in [6.07, 6.45) is 3.82. The minimum atomic E-state index is 0. The maximum Gasteiger partial charge on any atom is 0.0433 e. The van der Waals surface area contributed by atoms with Gasteiger partial charge in [-0.25, -0.2) is 0 Å². The monoisotopic (exact) mass is 238 g/mol. The molecule has 0 unspecified atom stereocenters. The summed E-state index contributed by atoms with van der Waals surface area (Å²) >= 11 is 0. The van der Waals surface area contributed by atoms with Crippen LogP contribution in [0.25, 0.3) is 0 Å². The molecule has 0 saturated heterocycles. The van der Waals surface area contributed by atoms with E-state index in [1.54, 1.807) is 16.8 Å². The number of hydrogen-bond donors (Lipinski definition) is 1. The van der Waals surface area contributed by atoms with Crippen LogP contribution in [-0.2, 0) is 12.8 Å². The number of hydrogen-bond acceptors (Lipinski definition) is 2. The highest BCUT2D eigenvalue weighted by Crippen LogP contribution is 2.37. The highest BCUT2D eigenvalue weighted by atomic mass is 35.5. The highest BCUT2D eigenvalue weighted by Gasteiger charge is 2.25. The lowest BCUT2D eigenvalue weighted by atomic mass is 9.99. The summed E-state index contributed by atoms with van der Waals surface area (Å²) in [6.45, 7) is 5.67. The molecule has 1 N–H and O–H groups in total. The zero-order valence-corrected chi connectivity index (χ0v) is 10.6. The molecular weight excluding hydrogens is 220 g/mol. The molecule has 2 nitrogen and oxygen atoms in total. The van der Waals surface area contributed by atoms with E-state index < -0.39 is 0 Å². The highest BCUT2D eigenvalue weighted by molar-refractivity contribution is 5.85. The van der Waals surface area contributed by atoms with Crippen LogP contribution in [0, 0.1) is 0 Å². The standard InChI is InChI=1S/C13H18N2.ClH/c1-2-14-12-8-10-4-3-6-15-7-5-11(9-12)13(10)15;/h8-9,14H,2-7H2,1H3;1H. The second-order valence-corrected chi connectivity index (χ2v) is 4.51. The van der Waals surface area contributed by atoms with Gasteiger partial charge >= 0.3 is 0 Å². The first-order valence-corrected chi connectivity index (χ1v) is 6.03. The van der Waals surface area contributed by atoms with E-state index in [1.165, 1.54) is 38.0 Å². The Labute approximate surface area is 103 Å². The molecule has 0 spiro atoms. The van der Waals surface area contributed by atoms with Crippen LogP contribution in [0.1, 0.15) is 24.5 Å². The van der Waals surface area contributed by atoms with Crippen LogP contribution >= 0.6 is 12.4 Å². The van der Waals surface area contributed by atoms with Gasteiger partial charge in [0.25, 0.3) is 0 Å². The van der Waals surface area contributed by atoms with Gasteiger partial charge in [-0.1, -0.05) is 0 Å². The topological polar surface area (TPSA) is 15.3 Å². The van der Waals surface area contributed by atoms with Crippen LogP contribution in [-0.4, -0.2) is 19.6 Å². The van der Waals surface area contributed by atoms with E-state index >= 15 is 0 Å². The molecule has 0 radical (unpaired) electrons. The molecule has 88 valence electrons. The third-order valence-electron chi connectivity index (χ3n) is 3.49. The maximum atomic E-state index is 3.43. The largest absolute Gasteiger partial charge is 0.385 e. The second kappa shape index (κ2) is 4.54. The maximum absolute atomic E-state index is 3.43. The van der Waals surface area contributed by atoms with Gasteiger partial charge in [-0.15, -0.1) is 12.4 Å². The average Bonchev–Trinajstić information content (AvgIpc) is 2.64. The molecule has 2 aliphatic rings. The lowest BCUT2D eigenvalue weighted by molar-refractivity contribution is 0.719. The van der Waals surface area contributed by atoms with Crippen molar-refractivity contribution in [3.63, 3.8) is 0 Å². The van der Waals surface area contributed by atoms with Crippen LogP contribution in [0.4, 0.5) is 11.4 Å². The Morgan fingerprint density at radius 3 is 2.69 bits per heavy atom. The Morgan fingerprint density at radius 2 is 1.94 bits per heavy atom. The lowest BCUT2D eigenvalue weighted by Gasteiger charge is -2.27. The summed E-state index contributed by atoms with van der Waals surface area (Å²) in [7, 11) is 0. The smallest absolute Gasteiger partial charge is 0.0433 e. The molecule has 0 bridgehead atoms. The predicted octanol–water partition coefficient (Wildman–Crippen LogP) is 2.85. The van der Waals surface area contributed by atoms with Crippen molar-refractivity contribution < 1.29 is 0 Å². The van der Waals surface area contributed by atoms with Gasteiger partial charge in [0, 0.05) is 31.0 Å². The number of aryl methyl sites for hydroxylation is 1. The molecule has 1 aromatic rings. The van der Waals surface area contributed by atoms with E-state index in [9.17, 15) is 0 Å². The zero-order chi connectivity index (χ0) is 10.3. The molecule has 16 heavy (non-hydrogen) atoms. The number of halogens is 1. The van der Waals surface area contributed by atoms with Crippen molar-refractivity contribution in [2.45, 2.75) is 26.2 Å². The number of rotatable bonds is 2. The van der Waals surface area contributed by atoms with Gasteiger partial charge in [0.15, 0.2) is 0 Å². The summed E-state index contributed by atoms with van der Waals surface area (Å²) in [5.41, 5.74) is 5.99. The normalized spacial score (nSPS) is 16.7. The Bertz CT molecular complexity index is 390. The van der Waals surface area contributed by atoms with E-state index in [0.29, 0.717) is 0 Å². The van der Waals surface area contributed by atoms with Crippen molar-refractivity contribution in [2.24, 2.45) is 0 Å². The quantitative estimate of drug-likeness (QED) is 0.853. The van der Waals surface area contributed by atoms with Crippen molar-refractivity contribution in [1.29, 1.82) is 0 Å². The van der Waals surface area contributed by atoms with Gasteiger partial charge < -0.3 is 10.2 Å². The van der Waals surface area contributed by atoms with Crippen LogP contribution in [0.2, 0.25) is 0 Å². The fraction of sp³-hybridized carbons (Fsp3) is 0.538. The fourth-order valence-corrected chi connectivity index (χ4v) is 2.90. The summed E-state index contributed by atoms with van der Waals surface area (Å²) in [5, 5.41) is 3.43. The molecule has 0 fully saturated rings. The Hall–Kier alpha value is -0.890. The Morgan fingerprint density at radius 1 is 1.19 bits per heavy atom. The predicted molar refractivity (Wildman–Crippen MR) is 72.1 cm³/mol. The van der Waals surface area contributed by atoms with Gasteiger partial charge in [-0.2, -0.15) is 0 Å². The van der Waals surface area contributed by atoms with E-state index in [1.807, 2.05) is 0 Å². The molecule has 1 aromatic carbocycles. The van der Waals surface area contributed by atoms with Gasteiger partial charge in [0.05, 0.1) is 0 Å². The minimum Gasteiger partial charge on any atom is -0.385 e. The molecular formula is C13H19ClN2. The summed E-state index contributed by atoms with van der Waals surface area (Å²) in [6, 6.07) is 4.69. The van der Waals surface area contributed by atoms with E-state index in [-0.39, 0.29) is 12.4 Å². The lowest BCUT2D eigenvalue weighted by Crippen LogP contribution is -2.26. The van der Waals surface area contributed by atoms with Crippen LogP contribution in [0.3, 0.4) is 0 Å². The van der Waals surface area contributed by atoms with E-state index in [0.717, 1.165) is 6.54 Å². The third kappa shape index (κ3) is 1.75. The van der Waals surface area contributed by atoms with Crippen molar-refractivity contribution in [3.05, 3.63) is 23.3 Å². The molecule has 2 aliphatic heterocycles. The molecule has 3 rings (SSSR count). The molecule has 2 heterocycles. The number of nitrogens with one attached hydrogen (secondary N) is 1. The number of anilines is 2.